The summed E-state index contributed by atoms with van der Waals surface area (Å²) in [6, 6.07) is 14.0. The fourth-order valence-electron chi connectivity index (χ4n) is 3.48. The molecule has 1 atom stereocenters. The van der Waals surface area contributed by atoms with E-state index in [1.807, 2.05) is 42.6 Å². The Morgan fingerprint density at radius 2 is 1.68 bits per heavy atom. The fourth-order valence-corrected chi connectivity index (χ4v) is 3.48. The van der Waals surface area contributed by atoms with Gasteiger partial charge in [0.05, 0.1) is 17.3 Å². The zero-order valence-corrected chi connectivity index (χ0v) is 13.0. The van der Waals surface area contributed by atoms with Crippen LogP contribution >= 0.6 is 0 Å². The van der Waals surface area contributed by atoms with E-state index in [1.54, 1.807) is 12.1 Å². The molecular formula is C19H13N3O3. The van der Waals surface area contributed by atoms with Gasteiger partial charge in [0.15, 0.2) is 0 Å². The summed E-state index contributed by atoms with van der Waals surface area (Å²) in [5.74, 6) is 0. The SMILES string of the molecule is O=C1Nc2c(c(=O)oc3ccccc23)C(c2c[nH]c3ccccc23)N1. The third kappa shape index (κ3) is 1.97. The lowest BCUT2D eigenvalue weighted by Gasteiger charge is -2.26. The van der Waals surface area contributed by atoms with E-state index in [0.717, 1.165) is 16.5 Å². The molecule has 2 amide bonds. The number of para-hydroxylation sites is 2. The lowest BCUT2D eigenvalue weighted by atomic mass is 9.95. The number of rotatable bonds is 1. The van der Waals surface area contributed by atoms with Gasteiger partial charge < -0.3 is 20.0 Å². The van der Waals surface area contributed by atoms with Gasteiger partial charge in [-0.1, -0.05) is 30.3 Å². The van der Waals surface area contributed by atoms with E-state index in [9.17, 15) is 9.59 Å². The number of benzene rings is 2. The van der Waals surface area contributed by atoms with Crippen molar-refractivity contribution in [1.82, 2.24) is 10.3 Å². The molecule has 0 saturated heterocycles. The average molecular weight is 331 g/mol. The van der Waals surface area contributed by atoms with Crippen LogP contribution in [0.2, 0.25) is 0 Å². The van der Waals surface area contributed by atoms with Crippen LogP contribution in [0.3, 0.4) is 0 Å². The largest absolute Gasteiger partial charge is 0.422 e. The first-order valence-corrected chi connectivity index (χ1v) is 7.91. The second kappa shape index (κ2) is 4.98. The Kier molecular flexibility index (Phi) is 2.76. The van der Waals surface area contributed by atoms with Crippen molar-refractivity contribution in [2.75, 3.05) is 5.32 Å². The first kappa shape index (κ1) is 13.9. The molecule has 0 bridgehead atoms. The molecule has 2 aromatic heterocycles. The second-order valence-electron chi connectivity index (χ2n) is 6.00. The molecule has 0 saturated carbocycles. The van der Waals surface area contributed by atoms with Gasteiger partial charge in [-0.05, 0) is 18.2 Å². The van der Waals surface area contributed by atoms with E-state index in [4.69, 9.17) is 4.42 Å². The molecule has 0 fully saturated rings. The Balaban J connectivity index is 1.83. The first-order valence-electron chi connectivity index (χ1n) is 7.91. The summed E-state index contributed by atoms with van der Waals surface area (Å²) >= 11 is 0. The minimum absolute atomic E-state index is 0.349. The highest BCUT2D eigenvalue weighted by Crippen LogP contribution is 2.36. The first-order chi connectivity index (χ1) is 12.2. The van der Waals surface area contributed by atoms with Crippen molar-refractivity contribution in [3.05, 3.63) is 76.3 Å². The van der Waals surface area contributed by atoms with Gasteiger partial charge >= 0.3 is 11.7 Å². The Labute approximate surface area is 141 Å². The Morgan fingerprint density at radius 1 is 0.920 bits per heavy atom. The number of nitrogens with one attached hydrogen (secondary N) is 3. The molecule has 2 aromatic carbocycles. The molecule has 25 heavy (non-hydrogen) atoms. The summed E-state index contributed by atoms with van der Waals surface area (Å²) in [4.78, 5) is 28.1. The summed E-state index contributed by atoms with van der Waals surface area (Å²) in [6.07, 6.45) is 1.82. The van der Waals surface area contributed by atoms with Crippen molar-refractivity contribution in [2.24, 2.45) is 0 Å². The van der Waals surface area contributed by atoms with Crippen molar-refractivity contribution < 1.29 is 9.21 Å². The normalized spacial score (nSPS) is 16.5. The molecular weight excluding hydrogens is 318 g/mol. The lowest BCUT2D eigenvalue weighted by Crippen LogP contribution is -2.41. The fraction of sp³-hybridized carbons (Fsp3) is 0.0526. The second-order valence-corrected chi connectivity index (χ2v) is 6.00. The van der Waals surface area contributed by atoms with Gasteiger partial charge in [-0.15, -0.1) is 0 Å². The summed E-state index contributed by atoms with van der Waals surface area (Å²) in [5.41, 5.74) is 2.67. The van der Waals surface area contributed by atoms with Gasteiger partial charge in [0.1, 0.15) is 5.58 Å². The molecule has 1 aliphatic heterocycles. The number of aromatic nitrogens is 1. The lowest BCUT2D eigenvalue weighted by molar-refractivity contribution is 0.249. The van der Waals surface area contributed by atoms with Gasteiger partial charge in [0.2, 0.25) is 0 Å². The van der Waals surface area contributed by atoms with Crippen LogP contribution < -0.4 is 16.3 Å². The summed E-state index contributed by atoms with van der Waals surface area (Å²) in [6.45, 7) is 0. The van der Waals surface area contributed by atoms with E-state index >= 15 is 0 Å². The number of hydrogen-bond donors (Lipinski definition) is 3. The number of aromatic amines is 1. The molecule has 0 radical (unpaired) electrons. The minimum atomic E-state index is -0.583. The number of H-pyrrole nitrogens is 1. The minimum Gasteiger partial charge on any atom is -0.422 e. The zero-order valence-electron chi connectivity index (χ0n) is 13.0. The van der Waals surface area contributed by atoms with E-state index in [1.165, 1.54) is 0 Å². The van der Waals surface area contributed by atoms with Crippen molar-refractivity contribution in [2.45, 2.75) is 6.04 Å². The van der Waals surface area contributed by atoms with Crippen LogP contribution in [0.4, 0.5) is 10.5 Å². The van der Waals surface area contributed by atoms with Gasteiger partial charge in [-0.2, -0.15) is 0 Å². The standard InChI is InChI=1S/C19H13N3O3/c23-18-15-16(11-6-2-4-8-14(11)25-18)21-19(24)22-17(15)12-9-20-13-7-3-1-5-10(12)13/h1-9,17,20H,(H2,21,22,24). The molecule has 0 spiro atoms. The quantitative estimate of drug-likeness (QED) is 0.467. The number of carbonyl (C=O) groups is 1. The third-order valence-electron chi connectivity index (χ3n) is 4.58. The van der Waals surface area contributed by atoms with Crippen molar-refractivity contribution in [3.8, 4) is 0 Å². The number of hydrogen-bond acceptors (Lipinski definition) is 3. The predicted octanol–water partition coefficient (Wildman–Crippen LogP) is 3.50. The predicted molar refractivity (Wildman–Crippen MR) is 94.8 cm³/mol. The number of urea groups is 1. The zero-order chi connectivity index (χ0) is 17.0. The molecule has 1 unspecified atom stereocenters. The number of anilines is 1. The summed E-state index contributed by atoms with van der Waals surface area (Å²) in [7, 11) is 0. The number of fused-ring (bicyclic) bond motifs is 4. The van der Waals surface area contributed by atoms with Crippen molar-refractivity contribution in [1.29, 1.82) is 0 Å². The summed E-state index contributed by atoms with van der Waals surface area (Å²) < 4.78 is 5.48. The highest BCUT2D eigenvalue weighted by molar-refractivity contribution is 6.04. The van der Waals surface area contributed by atoms with Gasteiger partial charge in [-0.3, -0.25) is 0 Å². The molecule has 6 nitrogen and oxygen atoms in total. The average Bonchev–Trinajstić information content (AvgIpc) is 3.05. The molecule has 4 aromatic rings. The molecule has 0 aliphatic carbocycles. The van der Waals surface area contributed by atoms with Crippen LogP contribution in [0.5, 0.6) is 0 Å². The Bertz CT molecular complexity index is 1210. The molecule has 122 valence electrons. The van der Waals surface area contributed by atoms with E-state index in [-0.39, 0.29) is 6.03 Å². The maximum Gasteiger partial charge on any atom is 0.344 e. The van der Waals surface area contributed by atoms with E-state index in [2.05, 4.69) is 15.6 Å². The van der Waals surface area contributed by atoms with Gasteiger partial charge in [-0.25, -0.2) is 9.59 Å². The molecule has 6 heteroatoms. The molecule has 5 rings (SSSR count). The van der Waals surface area contributed by atoms with Crippen molar-refractivity contribution in [3.63, 3.8) is 0 Å². The van der Waals surface area contributed by atoms with Crippen LogP contribution in [0.1, 0.15) is 17.2 Å². The van der Waals surface area contributed by atoms with Gasteiger partial charge in [0.25, 0.3) is 0 Å². The van der Waals surface area contributed by atoms with Crippen molar-refractivity contribution >= 4 is 33.6 Å². The monoisotopic (exact) mass is 331 g/mol. The maximum atomic E-state index is 12.7. The highest BCUT2D eigenvalue weighted by Gasteiger charge is 2.32. The van der Waals surface area contributed by atoms with E-state index in [0.29, 0.717) is 22.2 Å². The molecule has 3 N–H and O–H groups in total. The van der Waals surface area contributed by atoms with Crippen LogP contribution in [-0.4, -0.2) is 11.0 Å². The van der Waals surface area contributed by atoms with Gasteiger partial charge in [0, 0.05) is 28.0 Å². The Hall–Kier alpha value is -3.54. The topological polar surface area (TPSA) is 87.1 Å². The smallest absolute Gasteiger partial charge is 0.344 e. The third-order valence-corrected chi connectivity index (χ3v) is 4.58. The number of amides is 2. The highest BCUT2D eigenvalue weighted by atomic mass is 16.4. The Morgan fingerprint density at radius 3 is 2.56 bits per heavy atom. The summed E-state index contributed by atoms with van der Waals surface area (Å²) in [5, 5.41) is 7.26. The van der Waals surface area contributed by atoms with Crippen LogP contribution in [0, 0.1) is 0 Å². The molecule has 1 aliphatic rings. The molecule has 3 heterocycles. The van der Waals surface area contributed by atoms with Crippen LogP contribution in [0.15, 0.2) is 63.9 Å². The van der Waals surface area contributed by atoms with E-state index < -0.39 is 11.7 Å². The maximum absolute atomic E-state index is 12.7. The van der Waals surface area contributed by atoms with Crippen LogP contribution in [-0.2, 0) is 0 Å². The number of carbonyl (C=O) groups excluding carboxylic acids is 1. The van der Waals surface area contributed by atoms with Crippen LogP contribution in [0.25, 0.3) is 21.9 Å².